The average molecular weight is 368 g/mol. The molecule has 0 radical (unpaired) electrons. The zero-order valence-corrected chi connectivity index (χ0v) is 15.8. The predicted molar refractivity (Wildman–Crippen MR) is 113 cm³/mol. The van der Waals surface area contributed by atoms with Crippen LogP contribution in [0.5, 0.6) is 5.75 Å². The molecule has 3 aromatic carbocycles. The molecule has 0 saturated carbocycles. The molecule has 0 N–H and O–H groups in total. The normalized spacial score (nSPS) is 15.1. The minimum Gasteiger partial charge on any atom is -0.497 e. The molecule has 0 saturated heterocycles. The molecule has 1 amide bonds. The monoisotopic (exact) mass is 368 g/mol. The van der Waals surface area contributed by atoms with Crippen molar-refractivity contribution in [2.75, 3.05) is 12.1 Å². The largest absolute Gasteiger partial charge is 0.497 e. The number of amides is 1. The highest BCUT2D eigenvalue weighted by Crippen LogP contribution is 2.28. The van der Waals surface area contributed by atoms with E-state index in [1.54, 1.807) is 7.11 Å². The average Bonchev–Trinajstić information content (AvgIpc) is 3.06. The van der Waals surface area contributed by atoms with Gasteiger partial charge in [0.1, 0.15) is 11.5 Å². The first kappa shape index (κ1) is 17.7. The lowest BCUT2D eigenvalue weighted by atomic mass is 10.00. The number of carbonyl (C=O) groups is 1. The molecule has 4 heteroatoms. The number of anilines is 1. The molecule has 4 rings (SSSR count). The van der Waals surface area contributed by atoms with Crippen molar-refractivity contribution in [3.8, 4) is 5.75 Å². The Labute approximate surface area is 164 Å². The summed E-state index contributed by atoms with van der Waals surface area (Å²) in [5.74, 6) is 0.621. The summed E-state index contributed by atoms with van der Waals surface area (Å²) in [6.45, 7) is 2.02. The lowest BCUT2D eigenvalue weighted by molar-refractivity contribution is -0.114. The second kappa shape index (κ2) is 7.53. The van der Waals surface area contributed by atoms with Gasteiger partial charge in [0, 0.05) is 5.56 Å². The maximum absolute atomic E-state index is 13.2. The van der Waals surface area contributed by atoms with Crippen LogP contribution in [0, 0.1) is 6.92 Å². The zero-order chi connectivity index (χ0) is 19.5. The molecule has 0 spiro atoms. The van der Waals surface area contributed by atoms with E-state index < -0.39 is 0 Å². The van der Waals surface area contributed by atoms with Crippen molar-refractivity contribution in [3.05, 3.63) is 101 Å². The molecule has 138 valence electrons. The molecule has 28 heavy (non-hydrogen) atoms. The number of rotatable bonds is 4. The summed E-state index contributed by atoms with van der Waals surface area (Å²) in [6.07, 6.45) is 1.89. The second-order valence-electron chi connectivity index (χ2n) is 6.60. The minimum atomic E-state index is -0.140. The summed E-state index contributed by atoms with van der Waals surface area (Å²) in [5.41, 5.74) is 4.92. The van der Waals surface area contributed by atoms with Crippen LogP contribution in [0.4, 0.5) is 5.69 Å². The van der Waals surface area contributed by atoms with Gasteiger partial charge in [-0.3, -0.25) is 4.79 Å². The highest BCUT2D eigenvalue weighted by Gasteiger charge is 2.32. The fraction of sp³-hybridized carbons (Fsp3) is 0.0833. The van der Waals surface area contributed by atoms with Crippen molar-refractivity contribution >= 4 is 23.4 Å². The molecule has 0 aromatic heterocycles. The number of hydrogen-bond acceptors (Lipinski definition) is 3. The smallest absolute Gasteiger partial charge is 0.281 e. The molecule has 4 nitrogen and oxygen atoms in total. The molecule has 0 unspecified atom stereocenters. The lowest BCUT2D eigenvalue weighted by Crippen LogP contribution is -2.21. The lowest BCUT2D eigenvalue weighted by Gasteiger charge is -2.11. The van der Waals surface area contributed by atoms with E-state index in [4.69, 9.17) is 4.74 Å². The highest BCUT2D eigenvalue weighted by molar-refractivity contribution is 6.37. The molecule has 0 bridgehead atoms. The number of carbonyl (C=O) groups excluding carboxylic acids is 1. The van der Waals surface area contributed by atoms with E-state index in [0.717, 1.165) is 28.1 Å². The number of nitrogens with zero attached hydrogens (tertiary/aromatic N) is 2. The molecular weight excluding hydrogens is 348 g/mol. The van der Waals surface area contributed by atoms with Gasteiger partial charge in [-0.15, -0.1) is 0 Å². The molecule has 0 atom stereocenters. The van der Waals surface area contributed by atoms with Crippen LogP contribution in [0.2, 0.25) is 0 Å². The molecule has 1 heterocycles. The molecule has 1 aliphatic heterocycles. The third-order valence-corrected chi connectivity index (χ3v) is 4.63. The van der Waals surface area contributed by atoms with Crippen LogP contribution in [-0.4, -0.2) is 18.7 Å². The van der Waals surface area contributed by atoms with Gasteiger partial charge in [0.2, 0.25) is 0 Å². The Kier molecular flexibility index (Phi) is 4.77. The molecule has 3 aromatic rings. The summed E-state index contributed by atoms with van der Waals surface area (Å²) in [7, 11) is 1.63. The summed E-state index contributed by atoms with van der Waals surface area (Å²) in [5, 5.41) is 6.13. The topological polar surface area (TPSA) is 41.9 Å². The van der Waals surface area contributed by atoms with Crippen LogP contribution in [0.25, 0.3) is 6.08 Å². The Balaban J connectivity index is 1.80. The third kappa shape index (κ3) is 3.45. The van der Waals surface area contributed by atoms with Gasteiger partial charge < -0.3 is 4.74 Å². The Bertz CT molecular complexity index is 1050. The van der Waals surface area contributed by atoms with Crippen molar-refractivity contribution < 1.29 is 9.53 Å². The van der Waals surface area contributed by atoms with Crippen LogP contribution >= 0.6 is 0 Å². The maximum Gasteiger partial charge on any atom is 0.281 e. The highest BCUT2D eigenvalue weighted by atomic mass is 16.5. The standard InChI is InChI=1S/C24H20N2O2/c1-17-8-12-20(13-9-17)26-24(27)22(16-18-6-4-3-5-7-18)23(25-26)19-10-14-21(28-2)15-11-19/h3-16H,1-2H3. The Hall–Kier alpha value is -3.66. The Morgan fingerprint density at radius 3 is 2.21 bits per heavy atom. The van der Waals surface area contributed by atoms with Gasteiger partial charge in [-0.2, -0.15) is 10.1 Å². The molecule has 0 fully saturated rings. The second-order valence-corrected chi connectivity index (χ2v) is 6.60. The first-order chi connectivity index (χ1) is 13.7. The van der Waals surface area contributed by atoms with Gasteiger partial charge in [0.15, 0.2) is 0 Å². The van der Waals surface area contributed by atoms with Gasteiger partial charge in [-0.05, 0) is 55.0 Å². The number of ether oxygens (including phenoxy) is 1. The SMILES string of the molecule is COc1ccc(C2=NN(c3ccc(C)cc3)C(=O)C2=Cc2ccccc2)cc1. The number of aryl methyl sites for hydroxylation is 1. The Morgan fingerprint density at radius 2 is 1.57 bits per heavy atom. The van der Waals surface area contributed by atoms with E-state index in [-0.39, 0.29) is 5.91 Å². The van der Waals surface area contributed by atoms with E-state index in [0.29, 0.717) is 11.3 Å². The van der Waals surface area contributed by atoms with E-state index in [9.17, 15) is 4.79 Å². The molecular formula is C24H20N2O2. The number of hydrogen-bond donors (Lipinski definition) is 0. The summed E-state index contributed by atoms with van der Waals surface area (Å²) in [4.78, 5) is 13.2. The van der Waals surface area contributed by atoms with Crippen molar-refractivity contribution in [2.24, 2.45) is 5.10 Å². The summed E-state index contributed by atoms with van der Waals surface area (Å²) < 4.78 is 5.25. The van der Waals surface area contributed by atoms with Gasteiger partial charge in [-0.25, -0.2) is 0 Å². The fourth-order valence-electron chi connectivity index (χ4n) is 3.08. The van der Waals surface area contributed by atoms with Crippen molar-refractivity contribution in [3.63, 3.8) is 0 Å². The van der Waals surface area contributed by atoms with E-state index in [1.807, 2.05) is 91.9 Å². The van der Waals surface area contributed by atoms with Crippen molar-refractivity contribution in [2.45, 2.75) is 6.92 Å². The number of benzene rings is 3. The number of hydrazone groups is 1. The predicted octanol–water partition coefficient (Wildman–Crippen LogP) is 4.84. The van der Waals surface area contributed by atoms with Crippen LogP contribution in [0.1, 0.15) is 16.7 Å². The summed E-state index contributed by atoms with van der Waals surface area (Å²) in [6, 6.07) is 25.2. The van der Waals surface area contributed by atoms with Gasteiger partial charge in [0.25, 0.3) is 5.91 Å². The van der Waals surface area contributed by atoms with Gasteiger partial charge in [-0.1, -0.05) is 48.0 Å². The van der Waals surface area contributed by atoms with Crippen molar-refractivity contribution in [1.29, 1.82) is 0 Å². The van der Waals surface area contributed by atoms with Crippen LogP contribution in [0.3, 0.4) is 0 Å². The van der Waals surface area contributed by atoms with E-state index in [1.165, 1.54) is 5.01 Å². The van der Waals surface area contributed by atoms with Gasteiger partial charge >= 0.3 is 0 Å². The number of methoxy groups -OCH3 is 1. The minimum absolute atomic E-state index is 0.140. The van der Waals surface area contributed by atoms with Crippen LogP contribution < -0.4 is 9.75 Å². The van der Waals surface area contributed by atoms with Crippen LogP contribution in [0.15, 0.2) is 89.5 Å². The maximum atomic E-state index is 13.2. The molecule has 1 aliphatic rings. The van der Waals surface area contributed by atoms with Crippen molar-refractivity contribution in [1.82, 2.24) is 0 Å². The first-order valence-corrected chi connectivity index (χ1v) is 9.07. The quantitative estimate of drug-likeness (QED) is 0.619. The van der Waals surface area contributed by atoms with Crippen LogP contribution in [-0.2, 0) is 4.79 Å². The fourth-order valence-corrected chi connectivity index (χ4v) is 3.08. The summed E-state index contributed by atoms with van der Waals surface area (Å²) >= 11 is 0. The van der Waals surface area contributed by atoms with E-state index >= 15 is 0 Å². The third-order valence-electron chi connectivity index (χ3n) is 4.63. The molecule has 0 aliphatic carbocycles. The van der Waals surface area contributed by atoms with E-state index in [2.05, 4.69) is 5.10 Å². The first-order valence-electron chi connectivity index (χ1n) is 9.07. The van der Waals surface area contributed by atoms with Gasteiger partial charge in [0.05, 0.1) is 18.4 Å². The Morgan fingerprint density at radius 1 is 0.893 bits per heavy atom. The zero-order valence-electron chi connectivity index (χ0n) is 15.8.